The summed E-state index contributed by atoms with van der Waals surface area (Å²) in [5.41, 5.74) is 3.55. The number of rotatable bonds is 6. The van der Waals surface area contributed by atoms with Gasteiger partial charge in [0.1, 0.15) is 0 Å². The Bertz CT molecular complexity index is 842. The van der Waals surface area contributed by atoms with Crippen molar-refractivity contribution in [3.63, 3.8) is 0 Å². The third-order valence-corrected chi connectivity index (χ3v) is 3.67. The Morgan fingerprint density at radius 1 is 1.30 bits per heavy atom. The predicted octanol–water partition coefficient (Wildman–Crippen LogP) is 3.01. The molecule has 0 N–H and O–H groups in total. The molecule has 6 nitrogen and oxygen atoms in total. The summed E-state index contributed by atoms with van der Waals surface area (Å²) in [6.07, 6.45) is 3.71. The van der Waals surface area contributed by atoms with E-state index in [-0.39, 0.29) is 6.42 Å². The van der Waals surface area contributed by atoms with Crippen LogP contribution in [0.15, 0.2) is 30.5 Å². The smallest absolute Gasteiger partial charge is 0.298 e. The molecule has 0 unspecified atom stereocenters. The van der Waals surface area contributed by atoms with Crippen LogP contribution in [0.2, 0.25) is 0 Å². The minimum Gasteiger partial charge on any atom is -0.298 e. The van der Waals surface area contributed by atoms with E-state index in [1.165, 1.54) is 0 Å². The third-order valence-electron chi connectivity index (χ3n) is 3.67. The molecule has 0 saturated carbocycles. The van der Waals surface area contributed by atoms with Gasteiger partial charge in [-0.25, -0.2) is 14.8 Å². The number of nitrogens with zero attached hydrogens (tertiary/aromatic N) is 3. The van der Waals surface area contributed by atoms with Crippen LogP contribution in [0.1, 0.15) is 31.0 Å². The normalized spacial score (nSPS) is 11.2. The molecule has 0 amide bonds. The van der Waals surface area contributed by atoms with Gasteiger partial charge in [-0.2, -0.15) is 4.89 Å². The van der Waals surface area contributed by atoms with Gasteiger partial charge >= 0.3 is 5.97 Å². The highest BCUT2D eigenvalue weighted by atomic mass is 17.2. The Morgan fingerprint density at radius 2 is 2.17 bits per heavy atom. The van der Waals surface area contributed by atoms with Gasteiger partial charge in [0.25, 0.3) is 0 Å². The second-order valence-corrected chi connectivity index (χ2v) is 5.43. The zero-order valence-corrected chi connectivity index (χ0v) is 13.3. The summed E-state index contributed by atoms with van der Waals surface area (Å²) in [5.74, 6) is 0.213. The third kappa shape index (κ3) is 3.17. The van der Waals surface area contributed by atoms with E-state index < -0.39 is 5.97 Å². The Labute approximate surface area is 134 Å². The number of para-hydroxylation sites is 1. The highest BCUT2D eigenvalue weighted by Gasteiger charge is 2.15. The average Bonchev–Trinajstić information content (AvgIpc) is 2.92. The number of aromatic nitrogens is 3. The van der Waals surface area contributed by atoms with Crippen molar-refractivity contribution >= 4 is 22.8 Å². The molecule has 6 heteroatoms. The molecule has 1 aromatic carbocycles. The molecule has 0 bridgehead atoms. The Morgan fingerprint density at radius 3 is 3.00 bits per heavy atom. The van der Waals surface area contributed by atoms with Crippen LogP contribution >= 0.6 is 0 Å². The van der Waals surface area contributed by atoms with E-state index in [0.717, 1.165) is 35.1 Å². The summed E-state index contributed by atoms with van der Waals surface area (Å²) in [6.45, 7) is 4.46. The van der Waals surface area contributed by atoms with Gasteiger partial charge in [-0.15, -0.1) is 0 Å². The first-order chi connectivity index (χ1) is 11.2. The molecule has 0 aliphatic carbocycles. The summed E-state index contributed by atoms with van der Waals surface area (Å²) in [5, 5.41) is 0. The van der Waals surface area contributed by atoms with Gasteiger partial charge in [-0.1, -0.05) is 25.5 Å². The average molecular weight is 313 g/mol. The van der Waals surface area contributed by atoms with E-state index in [0.29, 0.717) is 12.4 Å². The maximum atomic E-state index is 12.0. The van der Waals surface area contributed by atoms with Crippen LogP contribution in [0.25, 0.3) is 16.8 Å². The first-order valence-electron chi connectivity index (χ1n) is 7.74. The quantitative estimate of drug-likeness (QED) is 0.397. The highest BCUT2D eigenvalue weighted by Crippen LogP contribution is 2.22. The van der Waals surface area contributed by atoms with Crippen molar-refractivity contribution in [1.82, 2.24) is 14.4 Å². The number of benzene rings is 1. The Balaban J connectivity index is 1.89. The molecule has 0 saturated heterocycles. The number of hydrogen-bond acceptors (Lipinski definition) is 5. The molecular formula is C17H19N3O3. The summed E-state index contributed by atoms with van der Waals surface area (Å²) in [7, 11) is 0. The second-order valence-electron chi connectivity index (χ2n) is 5.43. The van der Waals surface area contributed by atoms with Crippen molar-refractivity contribution in [3.05, 3.63) is 41.7 Å². The van der Waals surface area contributed by atoms with Crippen molar-refractivity contribution in [1.29, 1.82) is 0 Å². The Kier molecular flexibility index (Phi) is 4.52. The molecule has 0 aliphatic rings. The molecule has 2 aromatic heterocycles. The summed E-state index contributed by atoms with van der Waals surface area (Å²) < 4.78 is 1.95. The molecule has 23 heavy (non-hydrogen) atoms. The summed E-state index contributed by atoms with van der Waals surface area (Å²) in [4.78, 5) is 30.5. The molecule has 0 spiro atoms. The molecule has 0 fully saturated rings. The lowest BCUT2D eigenvalue weighted by Crippen LogP contribution is -2.10. The predicted molar refractivity (Wildman–Crippen MR) is 85.9 cm³/mol. The van der Waals surface area contributed by atoms with Crippen molar-refractivity contribution < 1.29 is 14.6 Å². The number of imidazole rings is 1. The largest absolute Gasteiger partial charge is 0.346 e. The maximum absolute atomic E-state index is 12.0. The van der Waals surface area contributed by atoms with E-state index in [1.807, 2.05) is 42.5 Å². The lowest BCUT2D eigenvalue weighted by molar-refractivity contribution is -0.272. The van der Waals surface area contributed by atoms with Crippen LogP contribution in [0.5, 0.6) is 0 Å². The maximum Gasteiger partial charge on any atom is 0.346 e. The molecule has 3 rings (SSSR count). The van der Waals surface area contributed by atoms with Gasteiger partial charge in [-0.05, 0) is 31.0 Å². The number of carbonyl (C=O) groups excluding carboxylic acids is 1. The number of aryl methyl sites for hydroxylation is 1. The minimum atomic E-state index is -0.412. The van der Waals surface area contributed by atoms with Crippen molar-refractivity contribution in [2.45, 2.75) is 33.1 Å². The van der Waals surface area contributed by atoms with Gasteiger partial charge in [0.05, 0.1) is 24.1 Å². The zero-order valence-electron chi connectivity index (χ0n) is 13.3. The molecule has 3 aromatic rings. The van der Waals surface area contributed by atoms with Crippen LogP contribution < -0.4 is 0 Å². The summed E-state index contributed by atoms with van der Waals surface area (Å²) in [6, 6.07) is 7.61. The topological polar surface area (TPSA) is 65.7 Å². The minimum absolute atomic E-state index is 0.131. The number of carbonyl (C=O) groups is 1. The first kappa shape index (κ1) is 15.4. The Hall–Kier alpha value is -2.47. The monoisotopic (exact) mass is 313 g/mol. The molecule has 0 radical (unpaired) electrons. The molecular weight excluding hydrogens is 294 g/mol. The fourth-order valence-corrected chi connectivity index (χ4v) is 2.53. The second kappa shape index (κ2) is 6.75. The van der Waals surface area contributed by atoms with Crippen LogP contribution in [0.4, 0.5) is 0 Å². The molecule has 0 atom stereocenters. The van der Waals surface area contributed by atoms with Crippen LogP contribution in [-0.4, -0.2) is 26.9 Å². The van der Waals surface area contributed by atoms with E-state index in [4.69, 9.17) is 9.78 Å². The summed E-state index contributed by atoms with van der Waals surface area (Å²) >= 11 is 0. The van der Waals surface area contributed by atoms with Gasteiger partial charge in [0.15, 0.2) is 0 Å². The molecule has 0 aliphatic heterocycles. The van der Waals surface area contributed by atoms with Crippen LogP contribution in [0.3, 0.4) is 0 Å². The standard InChI is InChI=1S/C17H19N3O3/c1-3-4-10-22-23-15(21)11-13-6-5-7-14-16(13)20-12(2)8-9-18-17(20)19-14/h5-9H,3-4,10-11H2,1-2H3. The number of hydrogen-bond donors (Lipinski definition) is 0. The van der Waals surface area contributed by atoms with Crippen molar-refractivity contribution in [3.8, 4) is 0 Å². The SMILES string of the molecule is CCCCOOC(=O)Cc1cccc2nc3nccc(C)n3c12. The number of fused-ring (bicyclic) bond motifs is 3. The van der Waals surface area contributed by atoms with E-state index in [1.54, 1.807) is 6.20 Å². The molecule has 2 heterocycles. The van der Waals surface area contributed by atoms with Crippen molar-refractivity contribution in [2.75, 3.05) is 6.61 Å². The fraction of sp³-hybridized carbons (Fsp3) is 0.353. The lowest BCUT2D eigenvalue weighted by Gasteiger charge is -2.06. The van der Waals surface area contributed by atoms with Gasteiger partial charge in [0.2, 0.25) is 5.78 Å². The van der Waals surface area contributed by atoms with Crippen LogP contribution in [-0.2, 0) is 21.0 Å². The van der Waals surface area contributed by atoms with E-state index in [2.05, 4.69) is 9.97 Å². The van der Waals surface area contributed by atoms with Gasteiger partial charge < -0.3 is 0 Å². The first-order valence-corrected chi connectivity index (χ1v) is 7.74. The lowest BCUT2D eigenvalue weighted by atomic mass is 10.1. The van der Waals surface area contributed by atoms with Gasteiger partial charge in [-0.3, -0.25) is 9.29 Å². The number of unbranched alkanes of at least 4 members (excludes halogenated alkanes) is 1. The molecule has 120 valence electrons. The van der Waals surface area contributed by atoms with Gasteiger partial charge in [0, 0.05) is 11.9 Å². The van der Waals surface area contributed by atoms with E-state index in [9.17, 15) is 4.79 Å². The fourth-order valence-electron chi connectivity index (χ4n) is 2.53. The highest BCUT2D eigenvalue weighted by molar-refractivity contribution is 5.86. The van der Waals surface area contributed by atoms with E-state index >= 15 is 0 Å². The van der Waals surface area contributed by atoms with Crippen LogP contribution in [0, 0.1) is 6.92 Å². The zero-order chi connectivity index (χ0) is 16.2. The van der Waals surface area contributed by atoms with Crippen molar-refractivity contribution in [2.24, 2.45) is 0 Å².